The molecule has 1 atom stereocenters. The van der Waals surface area contributed by atoms with Crippen LogP contribution in [0.25, 0.3) is 0 Å². The van der Waals surface area contributed by atoms with Crippen molar-refractivity contribution < 1.29 is 0 Å². The number of thiophene rings is 1. The van der Waals surface area contributed by atoms with E-state index in [-0.39, 0.29) is 0 Å². The molecule has 1 N–H and O–H groups in total. The predicted octanol–water partition coefficient (Wildman–Crippen LogP) is 4.13. The van der Waals surface area contributed by atoms with Crippen LogP contribution in [0.1, 0.15) is 39.8 Å². The molecule has 0 fully saturated rings. The molecule has 1 heterocycles. The second kappa shape index (κ2) is 5.89. The third kappa shape index (κ3) is 2.90. The van der Waals surface area contributed by atoms with Crippen LogP contribution < -0.4 is 5.32 Å². The van der Waals surface area contributed by atoms with E-state index >= 15 is 0 Å². The highest BCUT2D eigenvalue weighted by atomic mass is 32.1. The lowest BCUT2D eigenvalue weighted by Gasteiger charge is -2.14. The number of benzene rings is 1. The van der Waals surface area contributed by atoms with E-state index in [0.29, 0.717) is 6.04 Å². The largest absolute Gasteiger partial charge is 0.312 e. The molecule has 0 radical (unpaired) electrons. The number of hydrogen-bond donors (Lipinski definition) is 1. The van der Waals surface area contributed by atoms with Crippen molar-refractivity contribution in [3.8, 4) is 0 Å². The van der Waals surface area contributed by atoms with Crippen molar-refractivity contribution in [2.24, 2.45) is 0 Å². The van der Waals surface area contributed by atoms with Crippen LogP contribution in [0.5, 0.6) is 0 Å². The lowest BCUT2D eigenvalue weighted by Crippen LogP contribution is -2.17. The number of rotatable bonds is 4. The lowest BCUT2D eigenvalue weighted by molar-refractivity contribution is 0.601. The molecule has 0 bridgehead atoms. The van der Waals surface area contributed by atoms with Crippen LogP contribution >= 0.6 is 11.3 Å². The summed E-state index contributed by atoms with van der Waals surface area (Å²) in [7, 11) is 2.08. The van der Waals surface area contributed by atoms with Crippen LogP contribution in [0.2, 0.25) is 0 Å². The molecule has 1 aliphatic rings. The number of nitrogens with one attached hydrogen (secondary N) is 1. The van der Waals surface area contributed by atoms with Gasteiger partial charge >= 0.3 is 0 Å². The summed E-state index contributed by atoms with van der Waals surface area (Å²) in [4.78, 5) is 3.15. The van der Waals surface area contributed by atoms with E-state index in [0.717, 1.165) is 6.42 Å². The van der Waals surface area contributed by atoms with Gasteiger partial charge in [-0.05, 0) is 56.3 Å². The summed E-state index contributed by atoms with van der Waals surface area (Å²) in [5, 5.41) is 3.49. The summed E-state index contributed by atoms with van der Waals surface area (Å²) >= 11 is 2.02. The topological polar surface area (TPSA) is 12.0 Å². The molecule has 0 amide bonds. The first-order valence-electron chi connectivity index (χ1n) is 7.19. The van der Waals surface area contributed by atoms with Gasteiger partial charge in [-0.25, -0.2) is 0 Å². The van der Waals surface area contributed by atoms with Gasteiger partial charge in [0.05, 0.1) is 0 Å². The van der Waals surface area contributed by atoms with Crippen LogP contribution in [0.15, 0.2) is 36.4 Å². The molecule has 1 nitrogen and oxygen atoms in total. The Morgan fingerprint density at radius 2 is 1.95 bits per heavy atom. The van der Waals surface area contributed by atoms with E-state index in [9.17, 15) is 0 Å². The van der Waals surface area contributed by atoms with E-state index < -0.39 is 0 Å². The average Bonchev–Trinajstić information content (AvgIpc) is 2.89. The maximum atomic E-state index is 3.49. The van der Waals surface area contributed by atoms with Crippen LogP contribution in [-0.4, -0.2) is 7.05 Å². The summed E-state index contributed by atoms with van der Waals surface area (Å²) < 4.78 is 0. The van der Waals surface area contributed by atoms with Crippen LogP contribution in [0, 0.1) is 0 Å². The van der Waals surface area contributed by atoms with Gasteiger partial charge < -0.3 is 5.32 Å². The highest BCUT2D eigenvalue weighted by Crippen LogP contribution is 2.33. The normalized spacial score (nSPS) is 16.1. The molecule has 0 spiro atoms. The Bertz CT molecular complexity index is 506. The van der Waals surface area contributed by atoms with E-state index in [1.54, 1.807) is 10.4 Å². The number of fused-ring (bicyclic) bond motifs is 1. The molecule has 1 aromatic carbocycles. The molecule has 0 saturated heterocycles. The first-order chi connectivity index (χ1) is 9.36. The smallest absolute Gasteiger partial charge is 0.0453 e. The molecule has 1 unspecified atom stereocenters. The molecular formula is C17H21NS. The highest BCUT2D eigenvalue weighted by molar-refractivity contribution is 7.12. The minimum Gasteiger partial charge on any atom is -0.312 e. The van der Waals surface area contributed by atoms with Gasteiger partial charge in [-0.2, -0.15) is 0 Å². The summed E-state index contributed by atoms with van der Waals surface area (Å²) in [5.74, 6) is 0. The van der Waals surface area contributed by atoms with Crippen molar-refractivity contribution in [2.45, 2.75) is 38.1 Å². The molecular weight excluding hydrogens is 250 g/mol. The molecule has 100 valence electrons. The number of hydrogen-bond acceptors (Lipinski definition) is 2. The molecule has 2 heteroatoms. The first kappa shape index (κ1) is 12.9. The minimum absolute atomic E-state index is 0.456. The monoisotopic (exact) mass is 271 g/mol. The summed E-state index contributed by atoms with van der Waals surface area (Å²) in [6, 6.07) is 13.7. The Balaban J connectivity index is 1.80. The van der Waals surface area contributed by atoms with Gasteiger partial charge in [0.2, 0.25) is 0 Å². The van der Waals surface area contributed by atoms with Gasteiger partial charge in [0, 0.05) is 15.8 Å². The van der Waals surface area contributed by atoms with Gasteiger partial charge in [0.1, 0.15) is 0 Å². The molecule has 3 rings (SSSR count). The summed E-state index contributed by atoms with van der Waals surface area (Å²) in [6.07, 6.45) is 6.40. The molecule has 0 saturated carbocycles. The van der Waals surface area contributed by atoms with Gasteiger partial charge in [-0.15, -0.1) is 11.3 Å². The number of aryl methyl sites for hydroxylation is 2. The lowest BCUT2D eigenvalue weighted by atomic mass is 9.98. The van der Waals surface area contributed by atoms with Crippen LogP contribution in [0.4, 0.5) is 0 Å². The second-order valence-electron chi connectivity index (χ2n) is 5.34. The molecule has 19 heavy (non-hydrogen) atoms. The fourth-order valence-corrected chi connectivity index (χ4v) is 4.25. The quantitative estimate of drug-likeness (QED) is 0.881. The SMILES string of the molecule is CNC(Cc1ccccc1)c1cc2c(s1)CCCC2. The Kier molecular flexibility index (Phi) is 4.00. The molecule has 1 aromatic heterocycles. The van der Waals surface area contributed by atoms with Crippen molar-refractivity contribution in [1.29, 1.82) is 0 Å². The fraction of sp³-hybridized carbons (Fsp3) is 0.412. The number of likely N-dealkylation sites (N-methyl/N-ethyl adjacent to an activating group) is 1. The zero-order valence-corrected chi connectivity index (χ0v) is 12.3. The fourth-order valence-electron chi connectivity index (χ4n) is 2.88. The Morgan fingerprint density at radius 3 is 2.68 bits per heavy atom. The highest BCUT2D eigenvalue weighted by Gasteiger charge is 2.18. The van der Waals surface area contributed by atoms with Crippen LogP contribution in [0.3, 0.4) is 0 Å². The minimum atomic E-state index is 0.456. The van der Waals surface area contributed by atoms with E-state index in [1.165, 1.54) is 36.1 Å². The van der Waals surface area contributed by atoms with Crippen molar-refractivity contribution in [3.05, 3.63) is 57.3 Å². The van der Waals surface area contributed by atoms with Gasteiger partial charge in [-0.1, -0.05) is 30.3 Å². The zero-order valence-electron chi connectivity index (χ0n) is 11.5. The van der Waals surface area contributed by atoms with Crippen molar-refractivity contribution in [3.63, 3.8) is 0 Å². The maximum absolute atomic E-state index is 3.49. The molecule has 1 aliphatic carbocycles. The van der Waals surface area contributed by atoms with E-state index in [1.807, 2.05) is 11.3 Å². The predicted molar refractivity (Wildman–Crippen MR) is 82.9 cm³/mol. The molecule has 2 aromatic rings. The van der Waals surface area contributed by atoms with Crippen LogP contribution in [-0.2, 0) is 19.3 Å². The molecule has 0 aliphatic heterocycles. The first-order valence-corrected chi connectivity index (χ1v) is 8.01. The second-order valence-corrected chi connectivity index (χ2v) is 6.50. The standard InChI is InChI=1S/C17H21NS/c1-18-15(11-13-7-3-2-4-8-13)17-12-14-9-5-6-10-16(14)19-17/h2-4,7-8,12,15,18H,5-6,9-11H2,1H3. The summed E-state index contributed by atoms with van der Waals surface area (Å²) in [5.41, 5.74) is 3.02. The Hall–Kier alpha value is -1.12. The van der Waals surface area contributed by atoms with Gasteiger partial charge in [0.15, 0.2) is 0 Å². The third-order valence-electron chi connectivity index (χ3n) is 3.99. The maximum Gasteiger partial charge on any atom is 0.0453 e. The van der Waals surface area contributed by atoms with Gasteiger partial charge in [-0.3, -0.25) is 0 Å². The Morgan fingerprint density at radius 1 is 1.16 bits per heavy atom. The average molecular weight is 271 g/mol. The third-order valence-corrected chi connectivity index (χ3v) is 5.34. The van der Waals surface area contributed by atoms with Gasteiger partial charge in [0.25, 0.3) is 0 Å². The Labute approximate surface area is 119 Å². The van der Waals surface area contributed by atoms with E-state index in [2.05, 4.69) is 48.8 Å². The van der Waals surface area contributed by atoms with Crippen molar-refractivity contribution in [2.75, 3.05) is 7.05 Å². The zero-order chi connectivity index (χ0) is 13.1. The van der Waals surface area contributed by atoms with E-state index in [4.69, 9.17) is 0 Å². The summed E-state index contributed by atoms with van der Waals surface area (Å²) in [6.45, 7) is 0. The van der Waals surface area contributed by atoms with Crippen molar-refractivity contribution in [1.82, 2.24) is 5.32 Å². The van der Waals surface area contributed by atoms with Crippen molar-refractivity contribution >= 4 is 11.3 Å².